The van der Waals surface area contributed by atoms with Gasteiger partial charge in [0.15, 0.2) is 11.4 Å². The fraction of sp³-hybridized carbons (Fsp3) is 0.441. The molecule has 0 radical (unpaired) electrons. The number of aromatic nitrogens is 4. The van der Waals surface area contributed by atoms with E-state index in [0.29, 0.717) is 67.0 Å². The molecule has 2 saturated heterocycles. The molecule has 12 nitrogen and oxygen atoms in total. The lowest BCUT2D eigenvalue weighted by Gasteiger charge is -2.37. The van der Waals surface area contributed by atoms with Crippen LogP contribution in [0.2, 0.25) is 0 Å². The van der Waals surface area contributed by atoms with Gasteiger partial charge >= 0.3 is 12.1 Å². The van der Waals surface area contributed by atoms with Crippen molar-refractivity contribution in [1.29, 1.82) is 0 Å². The molecule has 0 aliphatic carbocycles. The van der Waals surface area contributed by atoms with Crippen LogP contribution in [0.25, 0.3) is 33.1 Å². The minimum absolute atomic E-state index is 0.0319. The third-order valence-corrected chi connectivity index (χ3v) is 9.62. The van der Waals surface area contributed by atoms with Gasteiger partial charge < -0.3 is 28.8 Å². The number of hydrogen-bond donors (Lipinski definition) is 1. The zero-order valence-electron chi connectivity index (χ0n) is 25.7. The van der Waals surface area contributed by atoms with Gasteiger partial charge in [-0.05, 0) is 55.9 Å². The number of nitrogens with zero attached hydrogens (tertiary/aromatic N) is 6. The fourth-order valence-electron chi connectivity index (χ4n) is 7.35. The first kappa shape index (κ1) is 28.6. The normalized spacial score (nSPS) is 24.2. The highest BCUT2D eigenvalue weighted by Crippen LogP contribution is 2.39. The van der Waals surface area contributed by atoms with E-state index in [0.717, 1.165) is 42.1 Å². The number of imidazole rings is 1. The van der Waals surface area contributed by atoms with Crippen LogP contribution in [-0.2, 0) is 16.0 Å². The first-order valence-electron chi connectivity index (χ1n) is 16.2. The molecule has 0 spiro atoms. The van der Waals surface area contributed by atoms with Gasteiger partial charge in [0.25, 0.3) is 6.01 Å². The molecule has 4 atom stereocenters. The second kappa shape index (κ2) is 11.5. The zero-order valence-corrected chi connectivity index (χ0v) is 25.7. The van der Waals surface area contributed by atoms with Crippen LogP contribution < -0.4 is 9.64 Å². The van der Waals surface area contributed by atoms with E-state index in [9.17, 15) is 14.7 Å². The first-order chi connectivity index (χ1) is 22.4. The number of amides is 1. The molecule has 2 aromatic carbocycles. The molecular weight excluding hydrogens is 588 g/mol. The van der Waals surface area contributed by atoms with Crippen molar-refractivity contribution in [3.8, 4) is 6.01 Å². The van der Waals surface area contributed by atoms with Crippen molar-refractivity contribution in [3.05, 3.63) is 54.4 Å². The summed E-state index contributed by atoms with van der Waals surface area (Å²) in [5.41, 5.74) is 3.56. The van der Waals surface area contributed by atoms with E-state index in [2.05, 4.69) is 11.5 Å². The molecule has 6 bridgehead atoms. The Hall–Kier alpha value is -4.87. The fourth-order valence-corrected chi connectivity index (χ4v) is 7.35. The average Bonchev–Trinajstić information content (AvgIpc) is 3.75. The summed E-state index contributed by atoms with van der Waals surface area (Å²) < 4.78 is 20.8. The van der Waals surface area contributed by atoms with Crippen molar-refractivity contribution in [2.75, 3.05) is 31.1 Å². The van der Waals surface area contributed by atoms with Crippen LogP contribution >= 0.6 is 0 Å². The van der Waals surface area contributed by atoms with Gasteiger partial charge in [0.05, 0.1) is 24.2 Å². The van der Waals surface area contributed by atoms with Gasteiger partial charge in [0.2, 0.25) is 0 Å². The molecule has 0 unspecified atom stereocenters. The predicted octanol–water partition coefficient (Wildman–Crippen LogP) is 5.58. The van der Waals surface area contributed by atoms with Crippen molar-refractivity contribution in [1.82, 2.24) is 24.4 Å². The number of ether oxygens (including phenoxy) is 2. The summed E-state index contributed by atoms with van der Waals surface area (Å²) in [5, 5.41) is 11.3. The highest BCUT2D eigenvalue weighted by Gasteiger charge is 2.42. The standard InChI is InChI=1S/C34H36N6O6/c1-20-18-38-15-14-24(20)40-25-11-6-5-10-23(25)35-33(40)45-21-17-26(32(41)42)39(19-21)31-30-29(22-9-4-7-12-27(22)46-30)36-28(37-31)13-3-2-8-16-44-34(38)43/h4-7,9-12,20-21,24,26H,2-3,8,13-19H2,1H3,(H,41,42)/t20-,21-,24-,26-/m0/s1. The summed E-state index contributed by atoms with van der Waals surface area (Å²) >= 11 is 0. The minimum Gasteiger partial charge on any atom is -0.480 e. The minimum atomic E-state index is -0.951. The number of carbonyl (C=O) groups is 2. The summed E-state index contributed by atoms with van der Waals surface area (Å²) in [6.45, 7) is 3.91. The molecule has 46 heavy (non-hydrogen) atoms. The number of aryl methyl sites for hydroxylation is 1. The van der Waals surface area contributed by atoms with Gasteiger partial charge in [0.1, 0.15) is 29.1 Å². The van der Waals surface area contributed by atoms with E-state index in [1.54, 1.807) is 9.80 Å². The zero-order chi connectivity index (χ0) is 31.4. The van der Waals surface area contributed by atoms with E-state index in [1.807, 2.05) is 48.5 Å². The summed E-state index contributed by atoms with van der Waals surface area (Å²) in [7, 11) is 0. The van der Waals surface area contributed by atoms with Gasteiger partial charge in [0, 0.05) is 37.4 Å². The monoisotopic (exact) mass is 624 g/mol. The van der Waals surface area contributed by atoms with E-state index in [1.165, 1.54) is 0 Å². The Morgan fingerprint density at radius 2 is 1.85 bits per heavy atom. The van der Waals surface area contributed by atoms with Crippen LogP contribution in [0, 0.1) is 5.92 Å². The molecule has 1 N–H and O–H groups in total. The Kier molecular flexibility index (Phi) is 7.14. The van der Waals surface area contributed by atoms with Crippen LogP contribution in [0.1, 0.15) is 50.9 Å². The Balaban J connectivity index is 1.23. The Morgan fingerprint density at radius 1 is 1.00 bits per heavy atom. The molecule has 12 heteroatoms. The predicted molar refractivity (Wildman–Crippen MR) is 170 cm³/mol. The summed E-state index contributed by atoms with van der Waals surface area (Å²) in [6, 6.07) is 15.2. The number of rotatable bonds is 1. The van der Waals surface area contributed by atoms with Crippen molar-refractivity contribution in [2.24, 2.45) is 5.92 Å². The van der Waals surface area contributed by atoms with Gasteiger partial charge in [-0.25, -0.2) is 19.6 Å². The van der Waals surface area contributed by atoms with Crippen molar-refractivity contribution >= 4 is 51.0 Å². The Labute approximate surface area is 264 Å². The number of para-hydroxylation sites is 3. The molecule has 9 rings (SSSR count). The van der Waals surface area contributed by atoms with E-state index >= 15 is 0 Å². The molecule has 1 amide bonds. The number of carboxylic acids is 1. The summed E-state index contributed by atoms with van der Waals surface area (Å²) in [5.74, 6) is 0.244. The second-order valence-electron chi connectivity index (χ2n) is 12.7. The molecule has 3 aromatic heterocycles. The highest BCUT2D eigenvalue weighted by molar-refractivity contribution is 6.06. The molecule has 4 aliphatic rings. The quantitative estimate of drug-likeness (QED) is 0.252. The number of benzene rings is 2. The average molecular weight is 625 g/mol. The molecule has 0 saturated carbocycles. The van der Waals surface area contributed by atoms with E-state index in [4.69, 9.17) is 28.8 Å². The Morgan fingerprint density at radius 3 is 2.72 bits per heavy atom. The number of fused-ring (bicyclic) bond motifs is 12. The van der Waals surface area contributed by atoms with Crippen molar-refractivity contribution in [2.45, 2.75) is 63.6 Å². The number of aliphatic carboxylic acids is 1. The maximum atomic E-state index is 13.0. The molecule has 2 fully saturated rings. The van der Waals surface area contributed by atoms with Crippen LogP contribution in [0.15, 0.2) is 52.9 Å². The molecular formula is C34H36N6O6. The number of carboxylic acid groups (broad SMARTS) is 1. The molecule has 4 aliphatic heterocycles. The SMILES string of the molecule is C[C@H]1CN2CC[C@@H]1n1c(nc3ccccc31)O[C@H]1C[C@@H](C(=O)O)N(C1)c1nc(nc3c1oc1ccccc13)CCCCCOC2=O. The van der Waals surface area contributed by atoms with Crippen molar-refractivity contribution in [3.63, 3.8) is 0 Å². The third-order valence-electron chi connectivity index (χ3n) is 9.62. The van der Waals surface area contributed by atoms with Crippen LogP contribution in [0.3, 0.4) is 0 Å². The topological polar surface area (TPSA) is 136 Å². The number of piperidine rings is 1. The van der Waals surface area contributed by atoms with Gasteiger partial charge in [-0.1, -0.05) is 31.2 Å². The van der Waals surface area contributed by atoms with Gasteiger partial charge in [-0.2, -0.15) is 4.98 Å². The number of carbonyl (C=O) groups excluding carboxylic acids is 1. The van der Waals surface area contributed by atoms with Crippen LogP contribution in [-0.4, -0.2) is 80.0 Å². The lowest BCUT2D eigenvalue weighted by molar-refractivity contribution is -0.138. The molecule has 7 heterocycles. The van der Waals surface area contributed by atoms with E-state index in [-0.39, 0.29) is 24.5 Å². The summed E-state index contributed by atoms with van der Waals surface area (Å²) in [4.78, 5) is 44.0. The lowest BCUT2D eigenvalue weighted by Crippen LogP contribution is -2.44. The van der Waals surface area contributed by atoms with Crippen LogP contribution in [0.5, 0.6) is 6.01 Å². The number of furan rings is 1. The second-order valence-corrected chi connectivity index (χ2v) is 12.7. The largest absolute Gasteiger partial charge is 0.480 e. The highest BCUT2D eigenvalue weighted by atomic mass is 16.6. The van der Waals surface area contributed by atoms with E-state index < -0.39 is 18.1 Å². The molecule has 5 aromatic rings. The van der Waals surface area contributed by atoms with Crippen molar-refractivity contribution < 1.29 is 28.6 Å². The smallest absolute Gasteiger partial charge is 0.409 e. The number of hydrogen-bond acceptors (Lipinski definition) is 9. The van der Waals surface area contributed by atoms with Gasteiger partial charge in [-0.15, -0.1) is 0 Å². The lowest BCUT2D eigenvalue weighted by atomic mass is 9.93. The maximum Gasteiger partial charge on any atom is 0.409 e. The number of anilines is 1. The first-order valence-corrected chi connectivity index (χ1v) is 16.2. The maximum absolute atomic E-state index is 13.0. The Bertz CT molecular complexity index is 1950. The summed E-state index contributed by atoms with van der Waals surface area (Å²) in [6.07, 6.45) is 3.19. The third kappa shape index (κ3) is 4.96. The van der Waals surface area contributed by atoms with Crippen LogP contribution in [0.4, 0.5) is 10.6 Å². The molecule has 238 valence electrons. The van der Waals surface area contributed by atoms with Gasteiger partial charge in [-0.3, -0.25) is 4.57 Å².